The third kappa shape index (κ3) is 1.38. The fourth-order valence-electron chi connectivity index (χ4n) is 1.13. The van der Waals surface area contributed by atoms with Gasteiger partial charge in [0.25, 0.3) is 0 Å². The van der Waals surface area contributed by atoms with Crippen molar-refractivity contribution in [1.82, 2.24) is 0 Å². The van der Waals surface area contributed by atoms with Crippen LogP contribution in [0.1, 0.15) is 4.88 Å². The number of hydrogen-bond donors (Lipinski definition) is 1. The lowest BCUT2D eigenvalue weighted by molar-refractivity contribution is 0.482. The predicted molar refractivity (Wildman–Crippen MR) is 60.9 cm³/mol. The van der Waals surface area contributed by atoms with Gasteiger partial charge in [0.05, 0.1) is 4.70 Å². The van der Waals surface area contributed by atoms with Gasteiger partial charge in [0.15, 0.2) is 0 Å². The van der Waals surface area contributed by atoms with E-state index in [-0.39, 0.29) is 5.75 Å². The molecule has 0 amide bonds. The molecule has 2 aromatic rings. The van der Waals surface area contributed by atoms with Crippen LogP contribution in [0.4, 0.5) is 0 Å². The number of nitrogens with zero attached hydrogens (tertiary/aromatic N) is 1. The molecule has 0 saturated carbocycles. The lowest BCUT2D eigenvalue weighted by Gasteiger charge is -1.95. The molecule has 1 N–H and O–H groups in total. The van der Waals surface area contributed by atoms with Gasteiger partial charge in [-0.1, -0.05) is 0 Å². The van der Waals surface area contributed by atoms with Gasteiger partial charge >= 0.3 is 0 Å². The number of fused-ring (bicyclic) bond motifs is 1. The number of phenols is 1. The molecule has 0 aliphatic rings. The maximum atomic E-state index is 9.50. The third-order valence-corrected chi connectivity index (χ3v) is 3.72. The normalized spacial score (nSPS) is 10.2. The van der Waals surface area contributed by atoms with E-state index in [2.05, 4.69) is 28.7 Å². The van der Waals surface area contributed by atoms with Gasteiger partial charge in [-0.2, -0.15) is 5.26 Å². The molecule has 2 rings (SSSR count). The fraction of sp³-hybridized carbons (Fsp3) is 0. The van der Waals surface area contributed by atoms with Crippen molar-refractivity contribution in [3.05, 3.63) is 26.6 Å². The van der Waals surface area contributed by atoms with Crippen molar-refractivity contribution >= 4 is 44.0 Å². The highest BCUT2D eigenvalue weighted by molar-refractivity contribution is 14.1. The summed E-state index contributed by atoms with van der Waals surface area (Å²) < 4.78 is 1.85. The van der Waals surface area contributed by atoms with E-state index < -0.39 is 0 Å². The van der Waals surface area contributed by atoms with Crippen LogP contribution in [-0.4, -0.2) is 5.11 Å². The lowest BCUT2D eigenvalue weighted by atomic mass is 10.2. The Balaban J connectivity index is 2.90. The van der Waals surface area contributed by atoms with Crippen LogP contribution in [0.2, 0.25) is 0 Å². The molecule has 0 spiro atoms. The minimum atomic E-state index is 0.252. The number of hydrogen-bond acceptors (Lipinski definition) is 3. The first-order valence-corrected chi connectivity index (χ1v) is 5.43. The minimum absolute atomic E-state index is 0.252. The van der Waals surface area contributed by atoms with Crippen molar-refractivity contribution in [3.63, 3.8) is 0 Å². The van der Waals surface area contributed by atoms with Crippen LogP contribution in [0.3, 0.4) is 0 Å². The number of nitriles is 1. The van der Waals surface area contributed by atoms with E-state index in [9.17, 15) is 5.11 Å². The van der Waals surface area contributed by atoms with Gasteiger partial charge in [-0.05, 0) is 40.8 Å². The largest absolute Gasteiger partial charge is 0.506 e. The second-order valence-corrected chi connectivity index (χ2v) is 4.75. The second kappa shape index (κ2) is 3.16. The maximum absolute atomic E-state index is 9.50. The average Bonchev–Trinajstić information content (AvgIpc) is 2.56. The molecule has 0 bridgehead atoms. The van der Waals surface area contributed by atoms with Crippen molar-refractivity contribution in [2.45, 2.75) is 0 Å². The van der Waals surface area contributed by atoms with Crippen molar-refractivity contribution < 1.29 is 5.11 Å². The molecule has 0 saturated heterocycles. The van der Waals surface area contributed by atoms with E-state index >= 15 is 0 Å². The fourth-order valence-corrected chi connectivity index (χ4v) is 2.81. The molecule has 1 heterocycles. The number of benzene rings is 1. The monoisotopic (exact) mass is 301 g/mol. The highest BCUT2D eigenvalue weighted by Gasteiger charge is 2.07. The quantitative estimate of drug-likeness (QED) is 0.760. The van der Waals surface area contributed by atoms with Gasteiger partial charge in [-0.15, -0.1) is 11.3 Å². The van der Waals surface area contributed by atoms with E-state index in [4.69, 9.17) is 5.26 Å². The van der Waals surface area contributed by atoms with Gasteiger partial charge in [-0.25, -0.2) is 0 Å². The molecule has 13 heavy (non-hydrogen) atoms. The molecular formula is C9H4INOS. The van der Waals surface area contributed by atoms with Crippen LogP contribution >= 0.6 is 33.9 Å². The second-order valence-electron chi connectivity index (χ2n) is 2.53. The van der Waals surface area contributed by atoms with Crippen molar-refractivity contribution in [1.29, 1.82) is 5.26 Å². The van der Waals surface area contributed by atoms with E-state index in [0.29, 0.717) is 4.88 Å². The number of aromatic hydroxyl groups is 1. The molecular weight excluding hydrogens is 297 g/mol. The number of halogens is 1. The van der Waals surface area contributed by atoms with Crippen molar-refractivity contribution in [2.24, 2.45) is 0 Å². The van der Waals surface area contributed by atoms with Crippen LogP contribution in [-0.2, 0) is 0 Å². The van der Waals surface area contributed by atoms with Crippen LogP contribution < -0.4 is 0 Å². The first kappa shape index (κ1) is 8.78. The molecule has 0 radical (unpaired) electrons. The summed E-state index contributed by atoms with van der Waals surface area (Å²) in [5, 5.41) is 19.2. The van der Waals surface area contributed by atoms with E-state index in [1.54, 1.807) is 6.07 Å². The summed E-state index contributed by atoms with van der Waals surface area (Å²) in [5.41, 5.74) is 0. The van der Waals surface area contributed by atoms with Gasteiger partial charge < -0.3 is 5.11 Å². The highest BCUT2D eigenvalue weighted by Crippen LogP contribution is 2.35. The Morgan fingerprint density at radius 3 is 2.85 bits per heavy atom. The zero-order valence-electron chi connectivity index (χ0n) is 6.41. The van der Waals surface area contributed by atoms with Gasteiger partial charge in [0.1, 0.15) is 16.7 Å². The zero-order valence-corrected chi connectivity index (χ0v) is 9.39. The molecule has 0 atom stereocenters. The van der Waals surface area contributed by atoms with E-state index in [1.165, 1.54) is 11.3 Å². The summed E-state index contributed by atoms with van der Waals surface area (Å²) in [6, 6.07) is 7.38. The topological polar surface area (TPSA) is 44.0 Å². The Morgan fingerprint density at radius 1 is 1.46 bits per heavy atom. The third-order valence-electron chi connectivity index (χ3n) is 1.72. The standard InChI is InChI=1S/C9H4INOS/c10-7-1-2-8(12)9-6(7)3-5(4-11)13-9/h1-3,12H. The molecule has 0 unspecified atom stereocenters. The maximum Gasteiger partial charge on any atom is 0.133 e. The van der Waals surface area contributed by atoms with Crippen LogP contribution in [0.15, 0.2) is 18.2 Å². The van der Waals surface area contributed by atoms with Gasteiger partial charge in [-0.3, -0.25) is 0 Å². The van der Waals surface area contributed by atoms with E-state index in [1.807, 2.05) is 12.1 Å². The molecule has 1 aromatic heterocycles. The Morgan fingerprint density at radius 2 is 2.23 bits per heavy atom. The predicted octanol–water partition coefficient (Wildman–Crippen LogP) is 3.08. The molecule has 0 aliphatic heterocycles. The van der Waals surface area contributed by atoms with Gasteiger partial charge in [0.2, 0.25) is 0 Å². The Bertz CT molecular complexity index is 473. The first-order valence-electron chi connectivity index (χ1n) is 3.53. The first-order chi connectivity index (χ1) is 6.22. The van der Waals surface area contributed by atoms with Crippen LogP contribution in [0.25, 0.3) is 10.1 Å². The van der Waals surface area contributed by atoms with E-state index in [0.717, 1.165) is 13.7 Å². The summed E-state index contributed by atoms with van der Waals surface area (Å²) in [6.07, 6.45) is 0. The average molecular weight is 301 g/mol. The van der Waals surface area contributed by atoms with Crippen LogP contribution in [0.5, 0.6) is 5.75 Å². The smallest absolute Gasteiger partial charge is 0.133 e. The summed E-state index contributed by atoms with van der Waals surface area (Å²) >= 11 is 3.51. The Hall–Kier alpha value is -0.800. The molecule has 64 valence electrons. The summed E-state index contributed by atoms with van der Waals surface area (Å²) in [4.78, 5) is 0.634. The Kier molecular flexibility index (Phi) is 2.14. The molecule has 1 aromatic carbocycles. The summed E-state index contributed by atoms with van der Waals surface area (Å²) in [5.74, 6) is 0.252. The summed E-state index contributed by atoms with van der Waals surface area (Å²) in [7, 11) is 0. The molecule has 0 aliphatic carbocycles. The SMILES string of the molecule is N#Cc1cc2c(I)ccc(O)c2s1. The molecule has 0 fully saturated rings. The highest BCUT2D eigenvalue weighted by atomic mass is 127. The van der Waals surface area contributed by atoms with Crippen molar-refractivity contribution in [2.75, 3.05) is 0 Å². The molecule has 2 nitrogen and oxygen atoms in total. The number of phenolic OH excluding ortho intramolecular Hbond substituents is 1. The molecule has 4 heteroatoms. The zero-order chi connectivity index (χ0) is 9.42. The Labute approximate surface area is 92.6 Å². The number of rotatable bonds is 0. The summed E-state index contributed by atoms with van der Waals surface area (Å²) in [6.45, 7) is 0. The minimum Gasteiger partial charge on any atom is -0.506 e. The van der Waals surface area contributed by atoms with Crippen molar-refractivity contribution in [3.8, 4) is 11.8 Å². The lowest BCUT2D eigenvalue weighted by Crippen LogP contribution is -1.71. The van der Waals surface area contributed by atoms with Crippen LogP contribution in [0, 0.1) is 14.9 Å². The van der Waals surface area contributed by atoms with Gasteiger partial charge in [0, 0.05) is 8.96 Å². The number of thiophene rings is 1.